The predicted molar refractivity (Wildman–Crippen MR) is 286 cm³/mol. The lowest BCUT2D eigenvalue weighted by Gasteiger charge is -2.50. The molecular weight excluding hydrogens is 837 g/mol. The Morgan fingerprint density at radius 3 is 1.55 bits per heavy atom. The zero-order valence-corrected chi connectivity index (χ0v) is 40.8. The van der Waals surface area contributed by atoms with Crippen molar-refractivity contribution < 1.29 is 0 Å². The Morgan fingerprint density at radius 2 is 0.986 bits per heavy atom. The molecule has 8 aromatic carbocycles. The summed E-state index contributed by atoms with van der Waals surface area (Å²) in [5.74, 6) is 0. The molecule has 2 saturated carbocycles. The van der Waals surface area contributed by atoms with Gasteiger partial charge in [-0.2, -0.15) is 5.26 Å². The fourth-order valence-electron chi connectivity index (χ4n) is 14.9. The number of anilines is 4. The zero-order valence-electron chi connectivity index (χ0n) is 40.8. The third-order valence-electron chi connectivity index (χ3n) is 19.0. The summed E-state index contributed by atoms with van der Waals surface area (Å²) in [5.41, 5.74) is 19.4. The van der Waals surface area contributed by atoms with Gasteiger partial charge in [-0.05, 0) is 190 Å². The average Bonchev–Trinajstić information content (AvgIpc) is 3.84. The van der Waals surface area contributed by atoms with Crippen LogP contribution in [0.4, 0.5) is 28.4 Å². The second kappa shape index (κ2) is 14.4. The highest BCUT2D eigenvalue weighted by molar-refractivity contribution is 6.19. The number of hydrogen-bond acceptors (Lipinski definition) is 3. The monoisotopic (exact) mass is 894 g/mol. The van der Waals surface area contributed by atoms with E-state index in [1.54, 1.807) is 0 Å². The van der Waals surface area contributed by atoms with Gasteiger partial charge < -0.3 is 9.80 Å². The minimum Gasteiger partial charge on any atom is -0.335 e. The van der Waals surface area contributed by atoms with Crippen LogP contribution in [0.5, 0.6) is 0 Å². The number of fused-ring (bicyclic) bond motifs is 14. The van der Waals surface area contributed by atoms with Crippen molar-refractivity contribution >= 4 is 50.0 Å². The molecule has 0 spiro atoms. The number of hydrogen-bond donors (Lipinski definition) is 0. The van der Waals surface area contributed by atoms with Crippen molar-refractivity contribution in [2.24, 2.45) is 0 Å². The zero-order chi connectivity index (χ0) is 47.2. The van der Waals surface area contributed by atoms with Gasteiger partial charge in [0.2, 0.25) is 0 Å². The molecule has 2 fully saturated rings. The van der Waals surface area contributed by atoms with Gasteiger partial charge in [-0.15, -0.1) is 0 Å². The lowest BCUT2D eigenvalue weighted by atomic mass is 9.61. The molecule has 4 unspecified atom stereocenters. The van der Waals surface area contributed by atoms with Crippen LogP contribution in [0.15, 0.2) is 146 Å². The first-order chi connectivity index (χ1) is 33.3. The van der Waals surface area contributed by atoms with Crippen molar-refractivity contribution in [1.29, 1.82) is 5.26 Å². The van der Waals surface area contributed by atoms with Gasteiger partial charge in [-0.3, -0.25) is 0 Å². The fourth-order valence-corrected chi connectivity index (χ4v) is 14.9. The Balaban J connectivity index is 0.910. The van der Waals surface area contributed by atoms with Crippen molar-refractivity contribution in [1.82, 2.24) is 0 Å². The summed E-state index contributed by atoms with van der Waals surface area (Å²) in [4.78, 5) is 8.89. The minimum atomic E-state index is -0.230. The molecule has 0 bridgehead atoms. The second-order valence-corrected chi connectivity index (χ2v) is 22.5. The van der Waals surface area contributed by atoms with E-state index in [0.29, 0.717) is 11.3 Å². The molecule has 4 nitrogen and oxygen atoms in total. The summed E-state index contributed by atoms with van der Waals surface area (Å²) in [5, 5.41) is 14.9. The van der Waals surface area contributed by atoms with Gasteiger partial charge >= 0.3 is 0 Å². The minimum absolute atomic E-state index is 0.00128. The molecule has 0 aromatic heterocycles. The largest absolute Gasteiger partial charge is 0.335 e. The molecule has 0 amide bonds. The third-order valence-corrected chi connectivity index (χ3v) is 19.0. The third kappa shape index (κ3) is 5.50. The van der Waals surface area contributed by atoms with E-state index in [0.717, 1.165) is 25.7 Å². The molecule has 2 aliphatic heterocycles. The molecule has 5 aliphatic rings. The molecule has 0 radical (unpaired) electrons. The number of nitrogens with zero attached hydrogens (tertiary/aromatic N) is 4. The quantitative estimate of drug-likeness (QED) is 0.130. The van der Waals surface area contributed by atoms with E-state index in [2.05, 4.69) is 184 Å². The summed E-state index contributed by atoms with van der Waals surface area (Å²) in [6.07, 6.45) is 9.50. The Hall–Kier alpha value is -7.14. The first kappa shape index (κ1) is 42.0. The fraction of sp³-hybridized carbons (Fsp3) is 0.292. The van der Waals surface area contributed by atoms with E-state index in [1.807, 2.05) is 24.3 Å². The lowest BCUT2D eigenvalue weighted by molar-refractivity contribution is 0.195. The van der Waals surface area contributed by atoms with Gasteiger partial charge in [-0.25, -0.2) is 4.85 Å². The van der Waals surface area contributed by atoms with Crippen LogP contribution in [-0.2, 0) is 16.2 Å². The summed E-state index contributed by atoms with van der Waals surface area (Å²) in [7, 11) is 0. The van der Waals surface area contributed by atoms with Crippen LogP contribution in [0.2, 0.25) is 0 Å². The lowest BCUT2D eigenvalue weighted by Crippen LogP contribution is -2.54. The summed E-state index contributed by atoms with van der Waals surface area (Å²) < 4.78 is 0. The van der Waals surface area contributed by atoms with E-state index >= 15 is 0 Å². The Bertz CT molecular complexity index is 3590. The van der Waals surface area contributed by atoms with E-state index in [9.17, 15) is 5.26 Å². The van der Waals surface area contributed by atoms with E-state index in [4.69, 9.17) is 6.57 Å². The van der Waals surface area contributed by atoms with Gasteiger partial charge in [-0.1, -0.05) is 126 Å². The first-order valence-corrected chi connectivity index (χ1v) is 25.3. The van der Waals surface area contributed by atoms with Crippen molar-refractivity contribution in [2.45, 2.75) is 120 Å². The van der Waals surface area contributed by atoms with Crippen LogP contribution in [0.25, 0.3) is 59.8 Å². The maximum absolute atomic E-state index is 9.59. The molecule has 13 rings (SSSR count). The predicted octanol–water partition coefficient (Wildman–Crippen LogP) is 17.5. The molecular formula is C65H58N4. The highest BCUT2D eigenvalue weighted by Crippen LogP contribution is 2.63. The van der Waals surface area contributed by atoms with Crippen molar-refractivity contribution in [3.63, 3.8) is 0 Å². The average molecular weight is 895 g/mol. The SMILES string of the molecule is [C-]#[N+]c1ccc(N2c3ccc(-c4ccc5c(c4)C(C)(C)c4c-5c5ccccc5c5cc(-c6ccc7c(c6)C6(C)CCCCC6(C)N7c6ccc(C#N)cc6)ccc45)cc3C3(C)CCCCC23C)cc1. The Labute approximate surface area is 407 Å². The molecule has 3 aliphatic carbocycles. The molecule has 4 atom stereocenters. The first-order valence-electron chi connectivity index (χ1n) is 25.3. The second-order valence-electron chi connectivity index (χ2n) is 22.5. The van der Waals surface area contributed by atoms with E-state index in [-0.39, 0.29) is 27.3 Å². The molecule has 8 aromatic rings. The van der Waals surface area contributed by atoms with Crippen LogP contribution in [0.3, 0.4) is 0 Å². The van der Waals surface area contributed by atoms with Crippen LogP contribution < -0.4 is 9.80 Å². The van der Waals surface area contributed by atoms with E-state index in [1.165, 1.54) is 126 Å². The Kier molecular flexibility index (Phi) is 8.79. The van der Waals surface area contributed by atoms with Gasteiger partial charge in [0.15, 0.2) is 5.69 Å². The number of nitriles is 1. The molecule has 0 saturated heterocycles. The highest BCUT2D eigenvalue weighted by atomic mass is 15.3. The summed E-state index contributed by atoms with van der Waals surface area (Å²) >= 11 is 0. The van der Waals surface area contributed by atoms with Gasteiger partial charge in [0.05, 0.1) is 29.3 Å². The summed E-state index contributed by atoms with van der Waals surface area (Å²) in [6.45, 7) is 22.4. The smallest absolute Gasteiger partial charge is 0.187 e. The molecule has 2 heterocycles. The standard InChI is InChI=1S/C65H58N4/c1-61(2)54-37-43(45-21-31-58-56(39-45)63(4)33-11-13-35-65(63,6)69(58)48-26-22-46(67-7)23-27-48)19-29-52(54)59-50-15-9-8-14-49(50)53-36-42(18-28-51(53)60(59)61)44-20-30-57-55(38-44)62(3)32-10-12-34-64(62,5)68(57)47-24-16-41(40-66)17-25-47/h8-9,14-31,36-39H,10-13,32-35H2,1-6H3. The Morgan fingerprint density at radius 1 is 0.493 bits per heavy atom. The maximum atomic E-state index is 9.59. The van der Waals surface area contributed by atoms with Gasteiger partial charge in [0.1, 0.15) is 0 Å². The molecule has 0 N–H and O–H groups in total. The van der Waals surface area contributed by atoms with E-state index < -0.39 is 0 Å². The van der Waals surface area contributed by atoms with Crippen molar-refractivity contribution in [2.75, 3.05) is 9.80 Å². The molecule has 69 heavy (non-hydrogen) atoms. The number of benzene rings is 8. The van der Waals surface area contributed by atoms with Crippen molar-refractivity contribution in [3.05, 3.63) is 185 Å². The van der Waals surface area contributed by atoms with Crippen molar-refractivity contribution in [3.8, 4) is 39.4 Å². The highest BCUT2D eigenvalue weighted by Gasteiger charge is 2.59. The molecule has 338 valence electrons. The maximum Gasteiger partial charge on any atom is 0.187 e. The van der Waals surface area contributed by atoms with Crippen LogP contribution in [0.1, 0.15) is 121 Å². The van der Waals surface area contributed by atoms with Crippen LogP contribution >= 0.6 is 0 Å². The van der Waals surface area contributed by atoms with Gasteiger partial charge in [0, 0.05) is 39.0 Å². The molecule has 4 heteroatoms. The topological polar surface area (TPSA) is 34.6 Å². The normalized spacial score (nSPS) is 24.8. The summed E-state index contributed by atoms with van der Waals surface area (Å²) in [6, 6.07) is 57.0. The number of rotatable bonds is 4. The van der Waals surface area contributed by atoms with Crippen LogP contribution in [-0.4, -0.2) is 11.1 Å². The van der Waals surface area contributed by atoms with Gasteiger partial charge in [0.25, 0.3) is 0 Å². The van der Waals surface area contributed by atoms with Crippen LogP contribution in [0, 0.1) is 17.9 Å².